The number of rotatable bonds is 2. The average Bonchev–Trinajstić information content (AvgIpc) is 2.54. The number of fused-ring (bicyclic) bond motifs is 1. The molecule has 1 aromatic rings. The Morgan fingerprint density at radius 3 is 2.93 bits per heavy atom. The van der Waals surface area contributed by atoms with Gasteiger partial charge in [-0.25, -0.2) is 5.06 Å². The summed E-state index contributed by atoms with van der Waals surface area (Å²) in [5.74, 6) is -0.173. The molecule has 1 atom stereocenters. The second kappa shape index (κ2) is 3.71. The molecule has 0 fully saturated rings. The van der Waals surface area contributed by atoms with Gasteiger partial charge in [0.2, 0.25) is 0 Å². The van der Waals surface area contributed by atoms with E-state index >= 15 is 0 Å². The Morgan fingerprint density at radius 2 is 2.27 bits per heavy atom. The minimum atomic E-state index is -0.274. The van der Waals surface area contributed by atoms with Gasteiger partial charge >= 0.3 is 0 Å². The van der Waals surface area contributed by atoms with E-state index in [-0.39, 0.29) is 18.4 Å². The van der Waals surface area contributed by atoms with Crippen molar-refractivity contribution in [3.63, 3.8) is 0 Å². The summed E-state index contributed by atoms with van der Waals surface area (Å²) in [5.41, 5.74) is 1.49. The third-order valence-corrected chi connectivity index (χ3v) is 2.51. The van der Waals surface area contributed by atoms with E-state index in [9.17, 15) is 4.79 Å². The SMILES string of the molecule is CON1C(=O)c2ccccc2C1CC#N. The van der Waals surface area contributed by atoms with Gasteiger partial charge in [-0.2, -0.15) is 5.26 Å². The summed E-state index contributed by atoms with van der Waals surface area (Å²) in [4.78, 5) is 16.8. The van der Waals surface area contributed by atoms with Crippen molar-refractivity contribution in [3.05, 3.63) is 35.4 Å². The normalized spacial score (nSPS) is 18.8. The Labute approximate surface area is 87.6 Å². The van der Waals surface area contributed by atoms with Crippen LogP contribution in [0.15, 0.2) is 24.3 Å². The first kappa shape index (κ1) is 9.69. The topological polar surface area (TPSA) is 53.3 Å². The van der Waals surface area contributed by atoms with Gasteiger partial charge in [0.05, 0.1) is 25.6 Å². The van der Waals surface area contributed by atoms with E-state index in [1.165, 1.54) is 12.2 Å². The number of carbonyl (C=O) groups is 1. The molecule has 15 heavy (non-hydrogen) atoms. The van der Waals surface area contributed by atoms with Gasteiger partial charge in [-0.05, 0) is 11.6 Å². The molecule has 0 saturated heterocycles. The third-order valence-electron chi connectivity index (χ3n) is 2.51. The number of nitriles is 1. The molecule has 4 heteroatoms. The number of hydrogen-bond acceptors (Lipinski definition) is 3. The Morgan fingerprint density at radius 1 is 1.53 bits per heavy atom. The first-order chi connectivity index (χ1) is 7.29. The highest BCUT2D eigenvalue weighted by molar-refractivity contribution is 5.98. The number of carbonyl (C=O) groups excluding carboxylic acids is 1. The quantitative estimate of drug-likeness (QED) is 0.732. The van der Waals surface area contributed by atoms with Crippen LogP contribution in [0.1, 0.15) is 28.4 Å². The monoisotopic (exact) mass is 202 g/mol. The van der Waals surface area contributed by atoms with Gasteiger partial charge in [0, 0.05) is 5.56 Å². The molecule has 0 radical (unpaired) electrons. The second-order valence-electron chi connectivity index (χ2n) is 3.28. The molecular weight excluding hydrogens is 192 g/mol. The zero-order valence-corrected chi connectivity index (χ0v) is 8.30. The number of hydrogen-bond donors (Lipinski definition) is 0. The van der Waals surface area contributed by atoms with Crippen molar-refractivity contribution >= 4 is 5.91 Å². The van der Waals surface area contributed by atoms with E-state index < -0.39 is 0 Å². The summed E-state index contributed by atoms with van der Waals surface area (Å²) < 4.78 is 0. The molecular formula is C11H10N2O2. The standard InChI is InChI=1S/C11H10N2O2/c1-15-13-10(6-7-12)8-4-2-3-5-9(8)11(13)14/h2-5,10H,6H2,1H3. The Hall–Kier alpha value is -1.86. The maximum atomic E-state index is 11.8. The van der Waals surface area contributed by atoms with Crippen LogP contribution in [0.5, 0.6) is 0 Å². The van der Waals surface area contributed by atoms with Crippen LogP contribution in [-0.4, -0.2) is 18.1 Å². The molecule has 1 heterocycles. The van der Waals surface area contributed by atoms with Gasteiger partial charge in [0.1, 0.15) is 0 Å². The summed E-state index contributed by atoms with van der Waals surface area (Å²) >= 11 is 0. The van der Waals surface area contributed by atoms with Crippen molar-refractivity contribution in [2.75, 3.05) is 7.11 Å². The van der Waals surface area contributed by atoms with Crippen molar-refractivity contribution in [3.8, 4) is 6.07 Å². The highest BCUT2D eigenvalue weighted by atomic mass is 16.7. The minimum absolute atomic E-state index is 0.173. The molecule has 0 saturated carbocycles. The van der Waals surface area contributed by atoms with Crippen molar-refractivity contribution in [2.45, 2.75) is 12.5 Å². The zero-order chi connectivity index (χ0) is 10.8. The number of nitrogens with zero attached hydrogens (tertiary/aromatic N) is 2. The van der Waals surface area contributed by atoms with Crippen LogP contribution >= 0.6 is 0 Å². The van der Waals surface area contributed by atoms with Crippen LogP contribution in [0.2, 0.25) is 0 Å². The molecule has 1 aliphatic rings. The van der Waals surface area contributed by atoms with Crippen molar-refractivity contribution in [1.82, 2.24) is 5.06 Å². The molecule has 2 rings (SSSR count). The maximum absolute atomic E-state index is 11.8. The fraction of sp³-hybridized carbons (Fsp3) is 0.273. The fourth-order valence-corrected chi connectivity index (χ4v) is 1.86. The molecule has 1 amide bonds. The van der Waals surface area contributed by atoms with Crippen LogP contribution in [0.25, 0.3) is 0 Å². The Kier molecular flexibility index (Phi) is 2.40. The minimum Gasteiger partial charge on any atom is -0.273 e. The van der Waals surface area contributed by atoms with Crippen LogP contribution in [0.4, 0.5) is 0 Å². The van der Waals surface area contributed by atoms with E-state index in [1.54, 1.807) is 12.1 Å². The van der Waals surface area contributed by atoms with E-state index in [4.69, 9.17) is 10.1 Å². The predicted molar refractivity (Wildman–Crippen MR) is 52.6 cm³/mol. The first-order valence-electron chi connectivity index (χ1n) is 4.63. The highest BCUT2D eigenvalue weighted by Crippen LogP contribution is 2.35. The molecule has 0 spiro atoms. The Balaban J connectivity index is 2.47. The van der Waals surface area contributed by atoms with Gasteiger partial charge in [0.25, 0.3) is 5.91 Å². The first-order valence-corrected chi connectivity index (χ1v) is 4.63. The highest BCUT2D eigenvalue weighted by Gasteiger charge is 2.36. The van der Waals surface area contributed by atoms with Crippen LogP contribution in [0.3, 0.4) is 0 Å². The largest absolute Gasteiger partial charge is 0.278 e. The maximum Gasteiger partial charge on any atom is 0.278 e. The van der Waals surface area contributed by atoms with Crippen LogP contribution in [-0.2, 0) is 4.84 Å². The molecule has 1 unspecified atom stereocenters. The Bertz CT molecular complexity index is 436. The molecule has 4 nitrogen and oxygen atoms in total. The summed E-state index contributed by atoms with van der Waals surface area (Å²) in [6.45, 7) is 0. The summed E-state index contributed by atoms with van der Waals surface area (Å²) in [5, 5.41) is 9.97. The van der Waals surface area contributed by atoms with Gasteiger partial charge < -0.3 is 0 Å². The lowest BCUT2D eigenvalue weighted by atomic mass is 10.0. The van der Waals surface area contributed by atoms with Gasteiger partial charge in [0.15, 0.2) is 0 Å². The van der Waals surface area contributed by atoms with Crippen molar-refractivity contribution < 1.29 is 9.63 Å². The van der Waals surface area contributed by atoms with Gasteiger partial charge in [-0.15, -0.1) is 0 Å². The number of hydroxylamine groups is 2. The van der Waals surface area contributed by atoms with Crippen LogP contribution in [0, 0.1) is 11.3 Å². The molecule has 1 aliphatic heterocycles. The average molecular weight is 202 g/mol. The van der Waals surface area contributed by atoms with Crippen LogP contribution < -0.4 is 0 Å². The van der Waals surface area contributed by atoms with E-state index in [0.717, 1.165) is 5.56 Å². The van der Waals surface area contributed by atoms with E-state index in [2.05, 4.69) is 6.07 Å². The fourth-order valence-electron chi connectivity index (χ4n) is 1.86. The molecule has 0 N–H and O–H groups in total. The number of benzene rings is 1. The van der Waals surface area contributed by atoms with Gasteiger partial charge in [-0.3, -0.25) is 9.63 Å². The zero-order valence-electron chi connectivity index (χ0n) is 8.30. The lowest BCUT2D eigenvalue weighted by molar-refractivity contribution is -0.117. The summed E-state index contributed by atoms with van der Waals surface area (Å²) in [6.07, 6.45) is 0.247. The smallest absolute Gasteiger partial charge is 0.273 e. The lowest BCUT2D eigenvalue weighted by Gasteiger charge is -2.19. The van der Waals surface area contributed by atoms with E-state index in [0.29, 0.717) is 5.56 Å². The molecule has 1 aromatic carbocycles. The summed E-state index contributed by atoms with van der Waals surface area (Å²) in [6, 6.07) is 9.06. The number of amides is 1. The predicted octanol–water partition coefficient (Wildman–Crippen LogP) is 1.66. The lowest BCUT2D eigenvalue weighted by Crippen LogP contribution is -2.26. The molecule has 0 aromatic heterocycles. The van der Waals surface area contributed by atoms with E-state index in [1.807, 2.05) is 12.1 Å². The second-order valence-corrected chi connectivity index (χ2v) is 3.28. The third kappa shape index (κ3) is 1.37. The van der Waals surface area contributed by atoms with Gasteiger partial charge in [-0.1, -0.05) is 18.2 Å². The van der Waals surface area contributed by atoms with Crippen molar-refractivity contribution in [1.29, 1.82) is 5.26 Å². The summed E-state index contributed by atoms with van der Waals surface area (Å²) in [7, 11) is 1.44. The van der Waals surface area contributed by atoms with Crippen molar-refractivity contribution in [2.24, 2.45) is 0 Å². The molecule has 0 bridgehead atoms. The molecule has 76 valence electrons. The molecule has 0 aliphatic carbocycles.